The average molecular weight is 385 g/mol. The van der Waals surface area contributed by atoms with Crippen LogP contribution < -0.4 is 0 Å². The van der Waals surface area contributed by atoms with Crippen molar-refractivity contribution in [3.63, 3.8) is 0 Å². The third-order valence-corrected chi connectivity index (χ3v) is 5.30. The van der Waals surface area contributed by atoms with E-state index in [-0.39, 0.29) is 0 Å². The van der Waals surface area contributed by atoms with Gasteiger partial charge in [-0.25, -0.2) is 4.98 Å². The molecule has 0 spiro atoms. The Kier molecular flexibility index (Phi) is 4.25. The van der Waals surface area contributed by atoms with Crippen LogP contribution in [0.3, 0.4) is 0 Å². The molecule has 132 valence electrons. The summed E-state index contributed by atoms with van der Waals surface area (Å²) in [4.78, 5) is 4.69. The molecule has 4 aromatic rings. The zero-order valence-corrected chi connectivity index (χ0v) is 16.3. The number of imidazole rings is 1. The number of rotatable bonds is 3. The first kappa shape index (κ1) is 17.1. The van der Waals surface area contributed by atoms with Crippen LogP contribution in [-0.4, -0.2) is 19.7 Å². The fourth-order valence-corrected chi connectivity index (χ4v) is 3.78. The minimum Gasteiger partial charge on any atom is -0.324 e. The maximum absolute atomic E-state index is 6.37. The summed E-state index contributed by atoms with van der Waals surface area (Å²) in [5, 5.41) is 8.74. The van der Waals surface area contributed by atoms with Gasteiger partial charge in [0.05, 0.1) is 23.3 Å². The number of aromatic amines is 1. The lowest BCUT2D eigenvalue weighted by Gasteiger charge is -2.10. The highest BCUT2D eigenvalue weighted by Crippen LogP contribution is 2.30. The Bertz CT molecular complexity index is 1100. The largest absolute Gasteiger partial charge is 0.324 e. The van der Waals surface area contributed by atoms with E-state index < -0.39 is 0 Å². The molecule has 2 aromatic carbocycles. The predicted molar refractivity (Wildman–Crippen MR) is 107 cm³/mol. The molecule has 0 aliphatic carbocycles. The maximum Gasteiger partial charge on any atom is 0.107 e. The lowest BCUT2D eigenvalue weighted by atomic mass is 10.0. The quantitative estimate of drug-likeness (QED) is 0.491. The Morgan fingerprint density at radius 1 is 1.04 bits per heavy atom. The SMILES string of the molecule is Cc1n[nH]c(C)c1-c1ccc2nc(C)n(Cc3cc(Cl)ccc3Cl)c2c1. The van der Waals surface area contributed by atoms with Gasteiger partial charge in [-0.1, -0.05) is 29.3 Å². The Labute approximate surface area is 161 Å². The molecule has 1 N–H and O–H groups in total. The van der Waals surface area contributed by atoms with Gasteiger partial charge in [0.1, 0.15) is 5.82 Å². The summed E-state index contributed by atoms with van der Waals surface area (Å²) < 4.78 is 2.17. The normalized spacial score (nSPS) is 11.4. The minimum absolute atomic E-state index is 0.620. The standard InChI is InChI=1S/C20H18Cl2N4/c1-11-20(12(2)25-24-11)14-4-7-18-19(9-14)26(13(3)23-18)10-15-8-16(21)5-6-17(15)22/h4-9H,10H2,1-3H3,(H,24,25). The van der Waals surface area contributed by atoms with E-state index in [0.29, 0.717) is 16.6 Å². The van der Waals surface area contributed by atoms with E-state index in [1.165, 1.54) is 0 Å². The molecule has 6 heteroatoms. The molecule has 0 atom stereocenters. The van der Waals surface area contributed by atoms with E-state index in [2.05, 4.69) is 33.0 Å². The van der Waals surface area contributed by atoms with Gasteiger partial charge in [-0.2, -0.15) is 5.10 Å². The monoisotopic (exact) mass is 384 g/mol. The molecule has 0 bridgehead atoms. The zero-order valence-electron chi connectivity index (χ0n) is 14.8. The topological polar surface area (TPSA) is 46.5 Å². The molecule has 0 saturated carbocycles. The van der Waals surface area contributed by atoms with Crippen LogP contribution in [0, 0.1) is 20.8 Å². The van der Waals surface area contributed by atoms with Gasteiger partial charge in [0.15, 0.2) is 0 Å². The lowest BCUT2D eigenvalue weighted by Crippen LogP contribution is -2.02. The Morgan fingerprint density at radius 3 is 2.58 bits per heavy atom. The molecule has 0 fully saturated rings. The van der Waals surface area contributed by atoms with Crippen molar-refractivity contribution in [2.45, 2.75) is 27.3 Å². The van der Waals surface area contributed by atoms with E-state index in [1.54, 1.807) is 6.07 Å². The number of H-pyrrole nitrogens is 1. The van der Waals surface area contributed by atoms with Crippen molar-refractivity contribution in [3.8, 4) is 11.1 Å². The van der Waals surface area contributed by atoms with Gasteiger partial charge in [0.2, 0.25) is 0 Å². The molecular weight excluding hydrogens is 367 g/mol. The second kappa shape index (κ2) is 6.45. The highest BCUT2D eigenvalue weighted by Gasteiger charge is 2.14. The molecule has 0 radical (unpaired) electrons. The number of halogens is 2. The van der Waals surface area contributed by atoms with Crippen molar-refractivity contribution in [2.75, 3.05) is 0 Å². The highest BCUT2D eigenvalue weighted by molar-refractivity contribution is 6.33. The number of aromatic nitrogens is 4. The van der Waals surface area contributed by atoms with Gasteiger partial charge >= 0.3 is 0 Å². The summed E-state index contributed by atoms with van der Waals surface area (Å²) in [6.45, 7) is 6.67. The van der Waals surface area contributed by atoms with Crippen molar-refractivity contribution in [2.24, 2.45) is 0 Å². The number of nitrogens with zero attached hydrogens (tertiary/aromatic N) is 3. The molecular formula is C20H18Cl2N4. The fraction of sp³-hybridized carbons (Fsp3) is 0.200. The Hall–Kier alpha value is -2.30. The second-order valence-corrected chi connectivity index (χ2v) is 7.34. The van der Waals surface area contributed by atoms with Crippen LogP contribution >= 0.6 is 23.2 Å². The molecule has 26 heavy (non-hydrogen) atoms. The van der Waals surface area contributed by atoms with Crippen LogP contribution in [-0.2, 0) is 6.54 Å². The van der Waals surface area contributed by atoms with Gasteiger partial charge in [-0.3, -0.25) is 5.10 Å². The number of hydrogen-bond acceptors (Lipinski definition) is 2. The van der Waals surface area contributed by atoms with E-state index in [1.807, 2.05) is 32.9 Å². The first-order valence-corrected chi connectivity index (χ1v) is 9.12. The summed E-state index contributed by atoms with van der Waals surface area (Å²) >= 11 is 12.5. The Balaban J connectivity index is 1.86. The average Bonchev–Trinajstić information content (AvgIpc) is 3.10. The summed E-state index contributed by atoms with van der Waals surface area (Å²) in [6, 6.07) is 11.9. The van der Waals surface area contributed by atoms with Crippen molar-refractivity contribution in [1.29, 1.82) is 0 Å². The van der Waals surface area contributed by atoms with Gasteiger partial charge in [-0.15, -0.1) is 0 Å². The zero-order chi connectivity index (χ0) is 18.4. The van der Waals surface area contributed by atoms with Crippen LogP contribution in [0.2, 0.25) is 10.0 Å². The maximum atomic E-state index is 6.37. The summed E-state index contributed by atoms with van der Waals surface area (Å²) in [5.74, 6) is 0.939. The lowest BCUT2D eigenvalue weighted by molar-refractivity contribution is 0.786. The predicted octanol–water partition coefficient (Wildman–Crippen LogP) is 5.71. The molecule has 0 unspecified atom stereocenters. The van der Waals surface area contributed by atoms with E-state index >= 15 is 0 Å². The van der Waals surface area contributed by atoms with Crippen molar-refractivity contribution in [1.82, 2.24) is 19.7 Å². The Morgan fingerprint density at radius 2 is 1.85 bits per heavy atom. The second-order valence-electron chi connectivity index (χ2n) is 6.49. The number of fused-ring (bicyclic) bond motifs is 1. The summed E-state index contributed by atoms with van der Waals surface area (Å²) in [6.07, 6.45) is 0. The molecule has 2 heterocycles. The molecule has 2 aromatic heterocycles. The van der Waals surface area contributed by atoms with Gasteiger partial charge in [-0.05, 0) is 62.2 Å². The molecule has 0 aliphatic rings. The van der Waals surface area contributed by atoms with Gasteiger partial charge in [0, 0.05) is 21.3 Å². The number of nitrogens with one attached hydrogen (secondary N) is 1. The molecule has 0 saturated heterocycles. The molecule has 4 nitrogen and oxygen atoms in total. The molecule has 0 amide bonds. The smallest absolute Gasteiger partial charge is 0.107 e. The van der Waals surface area contributed by atoms with E-state index in [9.17, 15) is 0 Å². The van der Waals surface area contributed by atoms with Crippen LogP contribution in [0.25, 0.3) is 22.2 Å². The van der Waals surface area contributed by atoms with Crippen LogP contribution in [0.5, 0.6) is 0 Å². The van der Waals surface area contributed by atoms with Crippen LogP contribution in [0.1, 0.15) is 22.8 Å². The molecule has 4 rings (SSSR count). The van der Waals surface area contributed by atoms with Gasteiger partial charge < -0.3 is 4.57 Å². The first-order chi connectivity index (χ1) is 12.4. The summed E-state index contributed by atoms with van der Waals surface area (Å²) in [7, 11) is 0. The van der Waals surface area contributed by atoms with Crippen LogP contribution in [0.4, 0.5) is 0 Å². The van der Waals surface area contributed by atoms with Gasteiger partial charge in [0.25, 0.3) is 0 Å². The van der Waals surface area contributed by atoms with E-state index in [4.69, 9.17) is 28.2 Å². The number of aryl methyl sites for hydroxylation is 3. The van der Waals surface area contributed by atoms with Crippen molar-refractivity contribution < 1.29 is 0 Å². The molecule has 0 aliphatic heterocycles. The summed E-state index contributed by atoms with van der Waals surface area (Å²) in [5.41, 5.74) is 7.31. The number of hydrogen-bond donors (Lipinski definition) is 1. The minimum atomic E-state index is 0.620. The van der Waals surface area contributed by atoms with Crippen LogP contribution in [0.15, 0.2) is 36.4 Å². The fourth-order valence-electron chi connectivity index (χ4n) is 3.41. The van der Waals surface area contributed by atoms with Crippen molar-refractivity contribution >= 4 is 34.2 Å². The van der Waals surface area contributed by atoms with Crippen molar-refractivity contribution in [3.05, 3.63) is 69.2 Å². The number of benzene rings is 2. The third-order valence-electron chi connectivity index (χ3n) is 4.69. The highest BCUT2D eigenvalue weighted by atomic mass is 35.5. The third kappa shape index (κ3) is 2.89. The first-order valence-electron chi connectivity index (χ1n) is 8.37. The van der Waals surface area contributed by atoms with E-state index in [0.717, 1.165) is 44.9 Å².